The van der Waals surface area contributed by atoms with E-state index in [-0.39, 0.29) is 0 Å². The standard InChI is InChI=1S/C20H30N2O/c1-21(20(23)14-13-17-9-3-2-4-10-17)18-11-5-6-12-19(18)22-15-7-8-16-22/h2-4,9-10,18-19H,5-8,11-16H2,1H3/t18?,19-/m0/s1. The van der Waals surface area contributed by atoms with Crippen molar-refractivity contribution in [3.05, 3.63) is 35.9 Å². The summed E-state index contributed by atoms with van der Waals surface area (Å²) < 4.78 is 0. The van der Waals surface area contributed by atoms with Gasteiger partial charge in [-0.05, 0) is 50.8 Å². The van der Waals surface area contributed by atoms with Crippen molar-refractivity contribution in [3.63, 3.8) is 0 Å². The highest BCUT2D eigenvalue weighted by atomic mass is 16.2. The van der Waals surface area contributed by atoms with Crippen LogP contribution in [-0.4, -0.2) is 47.9 Å². The Morgan fingerprint density at radius 3 is 2.52 bits per heavy atom. The van der Waals surface area contributed by atoms with Crippen molar-refractivity contribution < 1.29 is 4.79 Å². The van der Waals surface area contributed by atoms with Crippen LogP contribution in [0.5, 0.6) is 0 Å². The van der Waals surface area contributed by atoms with E-state index in [1.54, 1.807) is 0 Å². The number of aryl methyl sites for hydroxylation is 1. The number of hydrogen-bond acceptors (Lipinski definition) is 2. The molecule has 2 fully saturated rings. The predicted molar refractivity (Wildman–Crippen MR) is 94.4 cm³/mol. The first-order valence-electron chi connectivity index (χ1n) is 9.29. The molecule has 1 saturated heterocycles. The highest BCUT2D eigenvalue weighted by molar-refractivity contribution is 5.76. The van der Waals surface area contributed by atoms with Gasteiger partial charge in [-0.15, -0.1) is 0 Å². The molecule has 0 aromatic heterocycles. The Kier molecular flexibility index (Phi) is 5.71. The zero-order valence-corrected chi connectivity index (χ0v) is 14.4. The first-order chi connectivity index (χ1) is 11.3. The number of benzene rings is 1. The van der Waals surface area contributed by atoms with Crippen LogP contribution < -0.4 is 0 Å². The lowest BCUT2D eigenvalue weighted by atomic mass is 9.88. The van der Waals surface area contributed by atoms with E-state index in [0.29, 0.717) is 24.4 Å². The molecule has 0 N–H and O–H groups in total. The number of carbonyl (C=O) groups excluding carboxylic acids is 1. The Labute approximate surface area is 140 Å². The molecule has 1 aliphatic carbocycles. The summed E-state index contributed by atoms with van der Waals surface area (Å²) in [6.45, 7) is 2.46. The molecule has 2 aliphatic rings. The Morgan fingerprint density at radius 1 is 1.09 bits per heavy atom. The molecule has 1 aromatic carbocycles. The van der Waals surface area contributed by atoms with Gasteiger partial charge in [0.2, 0.25) is 5.91 Å². The molecule has 3 nitrogen and oxygen atoms in total. The zero-order valence-electron chi connectivity index (χ0n) is 14.4. The van der Waals surface area contributed by atoms with Gasteiger partial charge in [0.15, 0.2) is 0 Å². The van der Waals surface area contributed by atoms with E-state index in [4.69, 9.17) is 0 Å². The van der Waals surface area contributed by atoms with Crippen molar-refractivity contribution in [3.8, 4) is 0 Å². The van der Waals surface area contributed by atoms with Gasteiger partial charge < -0.3 is 4.90 Å². The Morgan fingerprint density at radius 2 is 1.78 bits per heavy atom. The number of hydrogen-bond donors (Lipinski definition) is 0. The Hall–Kier alpha value is -1.35. The molecule has 23 heavy (non-hydrogen) atoms. The number of likely N-dealkylation sites (tertiary alicyclic amines) is 1. The van der Waals surface area contributed by atoms with Crippen molar-refractivity contribution in [1.29, 1.82) is 0 Å². The lowest BCUT2D eigenvalue weighted by Gasteiger charge is -2.42. The van der Waals surface area contributed by atoms with E-state index in [1.807, 2.05) is 25.2 Å². The van der Waals surface area contributed by atoms with Crippen LogP contribution in [0.15, 0.2) is 30.3 Å². The van der Waals surface area contributed by atoms with Crippen molar-refractivity contribution in [1.82, 2.24) is 9.80 Å². The van der Waals surface area contributed by atoms with Crippen LogP contribution in [0.25, 0.3) is 0 Å². The second kappa shape index (κ2) is 7.96. The lowest BCUT2D eigenvalue weighted by Crippen LogP contribution is -2.53. The van der Waals surface area contributed by atoms with Gasteiger partial charge in [0.1, 0.15) is 0 Å². The SMILES string of the molecule is CN(C(=O)CCc1ccccc1)C1CCCC[C@@H]1N1CCCC1. The third kappa shape index (κ3) is 4.14. The van der Waals surface area contributed by atoms with Crippen LogP contribution >= 0.6 is 0 Å². The smallest absolute Gasteiger partial charge is 0.222 e. The van der Waals surface area contributed by atoms with Gasteiger partial charge in [-0.2, -0.15) is 0 Å². The van der Waals surface area contributed by atoms with Gasteiger partial charge in [-0.3, -0.25) is 9.69 Å². The molecule has 2 atom stereocenters. The van der Waals surface area contributed by atoms with Gasteiger partial charge in [0.25, 0.3) is 0 Å². The number of carbonyl (C=O) groups is 1. The Balaban J connectivity index is 1.58. The zero-order chi connectivity index (χ0) is 16.1. The minimum Gasteiger partial charge on any atom is -0.341 e. The van der Waals surface area contributed by atoms with Gasteiger partial charge in [-0.25, -0.2) is 0 Å². The van der Waals surface area contributed by atoms with Gasteiger partial charge in [-0.1, -0.05) is 43.2 Å². The molecule has 1 heterocycles. The van der Waals surface area contributed by atoms with Crippen molar-refractivity contribution in [2.45, 2.75) is 63.5 Å². The molecule has 126 valence electrons. The summed E-state index contributed by atoms with van der Waals surface area (Å²) in [6.07, 6.45) is 9.17. The average Bonchev–Trinajstić information content (AvgIpc) is 3.14. The highest BCUT2D eigenvalue weighted by Gasteiger charge is 2.35. The van der Waals surface area contributed by atoms with E-state index >= 15 is 0 Å². The maximum absolute atomic E-state index is 12.7. The van der Waals surface area contributed by atoms with E-state index < -0.39 is 0 Å². The second-order valence-electron chi connectivity index (χ2n) is 7.15. The van der Waals surface area contributed by atoms with E-state index in [1.165, 1.54) is 57.2 Å². The first-order valence-corrected chi connectivity index (χ1v) is 9.29. The molecule has 1 saturated carbocycles. The predicted octanol–water partition coefficient (Wildman–Crippen LogP) is 3.48. The number of rotatable bonds is 5. The van der Waals surface area contributed by atoms with Crippen LogP contribution in [0.3, 0.4) is 0 Å². The van der Waals surface area contributed by atoms with E-state index in [0.717, 1.165) is 6.42 Å². The Bertz CT molecular complexity index is 496. The summed E-state index contributed by atoms with van der Waals surface area (Å²) in [7, 11) is 2.03. The van der Waals surface area contributed by atoms with E-state index in [9.17, 15) is 4.79 Å². The molecule has 1 unspecified atom stereocenters. The molecule has 1 amide bonds. The molecule has 0 radical (unpaired) electrons. The van der Waals surface area contributed by atoms with E-state index in [2.05, 4.69) is 21.9 Å². The lowest BCUT2D eigenvalue weighted by molar-refractivity contribution is -0.134. The first kappa shape index (κ1) is 16.5. The quantitative estimate of drug-likeness (QED) is 0.830. The summed E-state index contributed by atoms with van der Waals surface area (Å²) in [5.74, 6) is 0.310. The molecule has 0 bridgehead atoms. The van der Waals surface area contributed by atoms with Crippen LogP contribution in [0.4, 0.5) is 0 Å². The molecule has 3 rings (SSSR count). The maximum atomic E-state index is 12.7. The average molecular weight is 314 g/mol. The number of likely N-dealkylation sites (N-methyl/N-ethyl adjacent to an activating group) is 1. The topological polar surface area (TPSA) is 23.6 Å². The maximum Gasteiger partial charge on any atom is 0.222 e. The summed E-state index contributed by atoms with van der Waals surface area (Å²) in [6, 6.07) is 11.4. The van der Waals surface area contributed by atoms with Crippen molar-refractivity contribution >= 4 is 5.91 Å². The fourth-order valence-electron chi connectivity index (χ4n) is 4.30. The molecule has 3 heteroatoms. The minimum atomic E-state index is 0.310. The summed E-state index contributed by atoms with van der Waals surface area (Å²) >= 11 is 0. The molecular weight excluding hydrogens is 284 g/mol. The largest absolute Gasteiger partial charge is 0.341 e. The fraction of sp³-hybridized carbons (Fsp3) is 0.650. The van der Waals surface area contributed by atoms with Crippen LogP contribution in [-0.2, 0) is 11.2 Å². The van der Waals surface area contributed by atoms with Crippen LogP contribution in [0.2, 0.25) is 0 Å². The van der Waals surface area contributed by atoms with Gasteiger partial charge in [0, 0.05) is 25.6 Å². The normalized spacial score (nSPS) is 25.4. The highest BCUT2D eigenvalue weighted by Crippen LogP contribution is 2.29. The third-order valence-corrected chi connectivity index (χ3v) is 5.66. The molecule has 1 aliphatic heterocycles. The number of nitrogens with zero attached hydrogens (tertiary/aromatic N) is 2. The summed E-state index contributed by atoms with van der Waals surface area (Å²) in [4.78, 5) is 17.4. The summed E-state index contributed by atoms with van der Waals surface area (Å²) in [5, 5.41) is 0. The van der Waals surface area contributed by atoms with Crippen molar-refractivity contribution in [2.75, 3.05) is 20.1 Å². The monoisotopic (exact) mass is 314 g/mol. The third-order valence-electron chi connectivity index (χ3n) is 5.66. The minimum absolute atomic E-state index is 0.310. The van der Waals surface area contributed by atoms with Gasteiger partial charge >= 0.3 is 0 Å². The number of amides is 1. The molecule has 1 aromatic rings. The molecular formula is C20H30N2O. The molecule has 0 spiro atoms. The second-order valence-corrected chi connectivity index (χ2v) is 7.15. The van der Waals surface area contributed by atoms with Crippen LogP contribution in [0, 0.1) is 0 Å². The fourth-order valence-corrected chi connectivity index (χ4v) is 4.30. The van der Waals surface area contributed by atoms with Crippen molar-refractivity contribution in [2.24, 2.45) is 0 Å². The van der Waals surface area contributed by atoms with Crippen LogP contribution in [0.1, 0.15) is 50.5 Å². The summed E-state index contributed by atoms with van der Waals surface area (Å²) in [5.41, 5.74) is 1.26. The van der Waals surface area contributed by atoms with Gasteiger partial charge in [0.05, 0.1) is 0 Å².